The molecule has 0 aliphatic carbocycles. The number of imide groups is 2. The molecule has 1 atom stereocenters. The first kappa shape index (κ1) is 23.6. The zero-order chi connectivity index (χ0) is 23.1. The van der Waals surface area contributed by atoms with E-state index in [2.05, 4.69) is 10.6 Å². The standard InChI is InChI=1S/C23H29N3O6/c1-24-13-6-4-2-3-5-8-15(27)14-32-18-10-7-9-16-20(18)23(31)26(22(16)30)17-11-12-19(28)25-21(17)29/h7,9-10,17,24H,2-6,8,11-14H2,1H3,(H,25,28,29). The average Bonchev–Trinajstić information content (AvgIpc) is 3.02. The van der Waals surface area contributed by atoms with Crippen LogP contribution in [0.1, 0.15) is 72.1 Å². The van der Waals surface area contributed by atoms with Crippen LogP contribution in [0, 0.1) is 0 Å². The molecular weight excluding hydrogens is 414 g/mol. The first-order chi connectivity index (χ1) is 15.4. The summed E-state index contributed by atoms with van der Waals surface area (Å²) >= 11 is 0. The van der Waals surface area contributed by atoms with Crippen molar-refractivity contribution in [1.29, 1.82) is 0 Å². The summed E-state index contributed by atoms with van der Waals surface area (Å²) in [5.74, 6) is -2.27. The number of hydrogen-bond acceptors (Lipinski definition) is 7. The highest BCUT2D eigenvalue weighted by atomic mass is 16.5. The van der Waals surface area contributed by atoms with Crippen molar-refractivity contribution in [3.63, 3.8) is 0 Å². The molecule has 9 heteroatoms. The van der Waals surface area contributed by atoms with E-state index < -0.39 is 29.7 Å². The summed E-state index contributed by atoms with van der Waals surface area (Å²) in [5.41, 5.74) is 0.186. The van der Waals surface area contributed by atoms with Gasteiger partial charge in [-0.2, -0.15) is 0 Å². The lowest BCUT2D eigenvalue weighted by Gasteiger charge is -2.27. The zero-order valence-electron chi connectivity index (χ0n) is 18.3. The average molecular weight is 444 g/mol. The molecule has 0 spiro atoms. The van der Waals surface area contributed by atoms with E-state index in [9.17, 15) is 24.0 Å². The van der Waals surface area contributed by atoms with Gasteiger partial charge < -0.3 is 10.1 Å². The number of Topliss-reactive ketones (excluding diaryl/α,β-unsaturated/α-hetero) is 1. The Morgan fingerprint density at radius 1 is 1.09 bits per heavy atom. The van der Waals surface area contributed by atoms with Crippen LogP contribution in [0.3, 0.4) is 0 Å². The van der Waals surface area contributed by atoms with Crippen molar-refractivity contribution in [3.8, 4) is 5.75 Å². The molecule has 0 bridgehead atoms. The Balaban J connectivity index is 1.56. The quantitative estimate of drug-likeness (QED) is 0.372. The lowest BCUT2D eigenvalue weighted by atomic mass is 10.0. The Morgan fingerprint density at radius 3 is 2.59 bits per heavy atom. The molecule has 0 radical (unpaired) electrons. The van der Waals surface area contributed by atoms with Crippen LogP contribution in [0.4, 0.5) is 0 Å². The van der Waals surface area contributed by atoms with E-state index in [0.717, 1.165) is 43.5 Å². The molecule has 4 amide bonds. The van der Waals surface area contributed by atoms with Crippen molar-refractivity contribution in [3.05, 3.63) is 29.3 Å². The smallest absolute Gasteiger partial charge is 0.266 e. The second kappa shape index (κ2) is 11.0. The molecule has 2 aliphatic rings. The van der Waals surface area contributed by atoms with Crippen molar-refractivity contribution in [1.82, 2.24) is 15.5 Å². The van der Waals surface area contributed by atoms with Crippen molar-refractivity contribution in [2.45, 2.75) is 57.4 Å². The number of rotatable bonds is 12. The van der Waals surface area contributed by atoms with Gasteiger partial charge in [-0.05, 0) is 45.0 Å². The van der Waals surface area contributed by atoms with E-state index in [1.807, 2.05) is 7.05 Å². The number of carbonyl (C=O) groups excluding carboxylic acids is 5. The molecule has 1 fully saturated rings. The maximum Gasteiger partial charge on any atom is 0.266 e. The van der Waals surface area contributed by atoms with Gasteiger partial charge in [0.15, 0.2) is 5.78 Å². The summed E-state index contributed by atoms with van der Waals surface area (Å²) in [6.07, 6.45) is 5.62. The van der Waals surface area contributed by atoms with Gasteiger partial charge >= 0.3 is 0 Å². The Morgan fingerprint density at radius 2 is 1.84 bits per heavy atom. The molecule has 1 aromatic rings. The van der Waals surface area contributed by atoms with Crippen LogP contribution in [-0.2, 0) is 14.4 Å². The summed E-state index contributed by atoms with van der Waals surface area (Å²) in [4.78, 5) is 62.5. The second-order valence-corrected chi connectivity index (χ2v) is 8.07. The van der Waals surface area contributed by atoms with Gasteiger partial charge in [0.25, 0.3) is 11.8 Å². The fourth-order valence-electron chi connectivity index (χ4n) is 3.99. The molecule has 2 N–H and O–H groups in total. The third-order valence-corrected chi connectivity index (χ3v) is 5.70. The molecule has 2 heterocycles. The normalized spacial score (nSPS) is 18.0. The summed E-state index contributed by atoms with van der Waals surface area (Å²) in [6.45, 7) is 0.812. The fraction of sp³-hybridized carbons (Fsp3) is 0.522. The summed E-state index contributed by atoms with van der Waals surface area (Å²) in [7, 11) is 1.93. The van der Waals surface area contributed by atoms with Crippen LogP contribution in [-0.4, -0.2) is 60.6 Å². The Labute approximate surface area is 186 Å². The summed E-state index contributed by atoms with van der Waals surface area (Å²) in [5, 5.41) is 5.27. The fourth-order valence-corrected chi connectivity index (χ4v) is 3.99. The molecular formula is C23H29N3O6. The minimum atomic E-state index is -1.04. The SMILES string of the molecule is CNCCCCCCCC(=O)COc1cccc2c1C(=O)N(C1CCC(=O)NC1=O)C2=O. The van der Waals surface area contributed by atoms with Gasteiger partial charge in [0.05, 0.1) is 11.1 Å². The van der Waals surface area contributed by atoms with Crippen molar-refractivity contribution in [2.24, 2.45) is 0 Å². The lowest BCUT2D eigenvalue weighted by Crippen LogP contribution is -2.54. The first-order valence-electron chi connectivity index (χ1n) is 11.1. The molecule has 1 unspecified atom stereocenters. The Hall–Kier alpha value is -3.07. The maximum atomic E-state index is 13.0. The van der Waals surface area contributed by atoms with E-state index in [0.29, 0.717) is 6.42 Å². The number of fused-ring (bicyclic) bond motifs is 1. The number of nitrogens with zero attached hydrogens (tertiary/aromatic N) is 1. The topological polar surface area (TPSA) is 122 Å². The van der Waals surface area contributed by atoms with E-state index in [1.165, 1.54) is 12.1 Å². The Bertz CT molecular complexity index is 913. The predicted octanol–water partition coefficient (Wildman–Crippen LogP) is 1.60. The number of benzene rings is 1. The zero-order valence-corrected chi connectivity index (χ0v) is 18.3. The second-order valence-electron chi connectivity index (χ2n) is 8.07. The minimum absolute atomic E-state index is 0.0527. The van der Waals surface area contributed by atoms with Gasteiger partial charge in [0.1, 0.15) is 18.4 Å². The van der Waals surface area contributed by atoms with Gasteiger partial charge in [-0.3, -0.25) is 34.2 Å². The number of amides is 4. The van der Waals surface area contributed by atoms with Crippen LogP contribution >= 0.6 is 0 Å². The lowest BCUT2D eigenvalue weighted by molar-refractivity contribution is -0.136. The highest BCUT2D eigenvalue weighted by Gasteiger charge is 2.46. The molecule has 3 rings (SSSR count). The summed E-state index contributed by atoms with van der Waals surface area (Å²) < 4.78 is 5.61. The van der Waals surface area contributed by atoms with E-state index in [1.54, 1.807) is 6.07 Å². The van der Waals surface area contributed by atoms with Gasteiger partial charge in [-0.1, -0.05) is 25.3 Å². The van der Waals surface area contributed by atoms with Crippen LogP contribution in [0.15, 0.2) is 18.2 Å². The van der Waals surface area contributed by atoms with Crippen LogP contribution in [0.5, 0.6) is 5.75 Å². The molecule has 0 aromatic heterocycles. The van der Waals surface area contributed by atoms with Crippen molar-refractivity contribution < 1.29 is 28.7 Å². The monoisotopic (exact) mass is 443 g/mol. The van der Waals surface area contributed by atoms with Crippen LogP contribution < -0.4 is 15.4 Å². The third-order valence-electron chi connectivity index (χ3n) is 5.70. The first-order valence-corrected chi connectivity index (χ1v) is 11.1. The minimum Gasteiger partial charge on any atom is -0.485 e. The number of ether oxygens (including phenoxy) is 1. The number of carbonyl (C=O) groups is 5. The van der Waals surface area contributed by atoms with E-state index in [4.69, 9.17) is 4.74 Å². The number of nitrogens with one attached hydrogen (secondary N) is 2. The predicted molar refractivity (Wildman–Crippen MR) is 115 cm³/mol. The molecule has 1 aromatic carbocycles. The molecule has 2 aliphatic heterocycles. The largest absolute Gasteiger partial charge is 0.485 e. The number of hydrogen-bond donors (Lipinski definition) is 2. The number of unbranched alkanes of at least 4 members (excludes halogenated alkanes) is 4. The molecule has 9 nitrogen and oxygen atoms in total. The molecule has 172 valence electrons. The maximum absolute atomic E-state index is 13.0. The van der Waals surface area contributed by atoms with Crippen LogP contribution in [0.2, 0.25) is 0 Å². The van der Waals surface area contributed by atoms with E-state index >= 15 is 0 Å². The summed E-state index contributed by atoms with van der Waals surface area (Å²) in [6, 6.07) is 3.56. The molecule has 0 saturated carbocycles. The van der Waals surface area contributed by atoms with E-state index in [-0.39, 0.29) is 42.1 Å². The number of ketones is 1. The Kier molecular flexibility index (Phi) is 8.10. The number of piperidine rings is 1. The molecule has 1 saturated heterocycles. The highest BCUT2D eigenvalue weighted by molar-refractivity contribution is 6.24. The highest BCUT2D eigenvalue weighted by Crippen LogP contribution is 2.33. The van der Waals surface area contributed by atoms with Crippen LogP contribution in [0.25, 0.3) is 0 Å². The van der Waals surface area contributed by atoms with Gasteiger partial charge in [0.2, 0.25) is 11.8 Å². The van der Waals surface area contributed by atoms with Crippen molar-refractivity contribution in [2.75, 3.05) is 20.2 Å². The third kappa shape index (κ3) is 5.40. The van der Waals surface area contributed by atoms with Gasteiger partial charge in [-0.25, -0.2) is 0 Å². The van der Waals surface area contributed by atoms with Gasteiger partial charge in [0, 0.05) is 12.8 Å². The molecule has 32 heavy (non-hydrogen) atoms. The van der Waals surface area contributed by atoms with Crippen molar-refractivity contribution >= 4 is 29.4 Å². The van der Waals surface area contributed by atoms with Gasteiger partial charge in [-0.15, -0.1) is 0 Å².